The van der Waals surface area contributed by atoms with Crippen molar-refractivity contribution in [3.63, 3.8) is 0 Å². The summed E-state index contributed by atoms with van der Waals surface area (Å²) in [7, 11) is 0. The van der Waals surface area contributed by atoms with Crippen LogP contribution in [0.15, 0.2) is 60.0 Å². The highest BCUT2D eigenvalue weighted by Gasteiger charge is 2.37. The number of nitrogens with one attached hydrogen (secondary N) is 4. The van der Waals surface area contributed by atoms with Crippen LogP contribution < -0.4 is 16.0 Å². The van der Waals surface area contributed by atoms with E-state index in [9.17, 15) is 19.5 Å². The third-order valence-electron chi connectivity index (χ3n) is 9.34. The zero-order valence-electron chi connectivity index (χ0n) is 32.5. The average Bonchev–Trinajstić information content (AvgIpc) is 3.77. The van der Waals surface area contributed by atoms with Crippen LogP contribution in [0.2, 0.25) is 0 Å². The fourth-order valence-corrected chi connectivity index (χ4v) is 7.34. The molecule has 1 aliphatic rings. The molecule has 54 heavy (non-hydrogen) atoms. The Morgan fingerprint density at radius 1 is 1.00 bits per heavy atom. The molecule has 4 atom stereocenters. The van der Waals surface area contributed by atoms with Gasteiger partial charge in [-0.05, 0) is 50.8 Å². The van der Waals surface area contributed by atoms with E-state index < -0.39 is 41.8 Å². The molecule has 0 radical (unpaired) electrons. The summed E-state index contributed by atoms with van der Waals surface area (Å²) in [5, 5.41) is 23.6. The van der Waals surface area contributed by atoms with E-state index in [1.54, 1.807) is 0 Å². The number of ether oxygens (including phenoxy) is 1. The Bertz CT molecular complexity index is 1810. The number of amides is 3. The molecular formula is C40H56N8O5S. The highest BCUT2D eigenvalue weighted by molar-refractivity contribution is 7.09. The van der Waals surface area contributed by atoms with Crippen LogP contribution in [-0.4, -0.2) is 104 Å². The van der Waals surface area contributed by atoms with Crippen molar-refractivity contribution in [1.82, 2.24) is 40.7 Å². The number of para-hydroxylation sites is 2. The van der Waals surface area contributed by atoms with E-state index >= 15 is 0 Å². The number of H-pyrrole nitrogens is 1. The Morgan fingerprint density at radius 3 is 2.39 bits per heavy atom. The molecular weight excluding hydrogens is 705 g/mol. The van der Waals surface area contributed by atoms with Gasteiger partial charge in [-0.1, -0.05) is 70.2 Å². The Labute approximate surface area is 322 Å². The van der Waals surface area contributed by atoms with Crippen LogP contribution in [0.1, 0.15) is 76.5 Å². The van der Waals surface area contributed by atoms with E-state index in [1.165, 1.54) is 11.3 Å². The first-order chi connectivity index (χ1) is 25.6. The second-order valence-corrected chi connectivity index (χ2v) is 16.7. The maximum absolute atomic E-state index is 13.9. The van der Waals surface area contributed by atoms with Crippen molar-refractivity contribution in [2.45, 2.75) is 104 Å². The molecule has 4 aromatic rings. The van der Waals surface area contributed by atoms with Crippen LogP contribution in [0.25, 0.3) is 11.0 Å². The first kappa shape index (κ1) is 40.8. The number of aliphatic hydroxyl groups is 1. The number of nitrogens with zero attached hydrogens (tertiary/aromatic N) is 4. The summed E-state index contributed by atoms with van der Waals surface area (Å²) in [4.78, 5) is 57.4. The number of carbonyl (C=O) groups is 3. The molecule has 13 nitrogen and oxygen atoms in total. The number of piperazine rings is 1. The van der Waals surface area contributed by atoms with Crippen LogP contribution in [0.3, 0.4) is 0 Å². The molecule has 0 saturated carbocycles. The number of carbonyl (C=O) groups excluding carboxylic acids is 3. The minimum atomic E-state index is -1.04. The van der Waals surface area contributed by atoms with Crippen LogP contribution in [0, 0.1) is 5.92 Å². The van der Waals surface area contributed by atoms with Gasteiger partial charge < -0.3 is 30.8 Å². The predicted molar refractivity (Wildman–Crippen MR) is 211 cm³/mol. The summed E-state index contributed by atoms with van der Waals surface area (Å²) in [6.45, 7) is 15.9. The van der Waals surface area contributed by atoms with Crippen molar-refractivity contribution in [3.05, 3.63) is 82.1 Å². The second-order valence-electron chi connectivity index (χ2n) is 15.8. The molecule has 5 N–H and O–H groups in total. The number of benzene rings is 2. The van der Waals surface area contributed by atoms with Gasteiger partial charge in [0, 0.05) is 43.0 Å². The number of β-amino-alcohol motifs (C(OH)–C–C–N with tert-alkyl or cyclic N) is 1. The van der Waals surface area contributed by atoms with Gasteiger partial charge in [0.15, 0.2) is 0 Å². The second kappa shape index (κ2) is 18.3. The van der Waals surface area contributed by atoms with E-state index in [0.717, 1.165) is 27.4 Å². The molecule has 3 amide bonds. The highest BCUT2D eigenvalue weighted by atomic mass is 32.1. The third-order valence-corrected chi connectivity index (χ3v) is 10.5. The maximum atomic E-state index is 13.9. The molecule has 3 heterocycles. The van der Waals surface area contributed by atoms with E-state index in [1.807, 2.05) is 99.5 Å². The molecule has 1 saturated heterocycles. The van der Waals surface area contributed by atoms with E-state index in [-0.39, 0.29) is 30.9 Å². The van der Waals surface area contributed by atoms with E-state index in [2.05, 4.69) is 44.7 Å². The molecule has 2 aromatic carbocycles. The zero-order chi connectivity index (χ0) is 39.0. The number of thiazole rings is 1. The summed E-state index contributed by atoms with van der Waals surface area (Å²) in [6.07, 6.45) is -1.42. The van der Waals surface area contributed by atoms with Gasteiger partial charge in [0.25, 0.3) is 0 Å². The zero-order valence-corrected chi connectivity index (χ0v) is 33.3. The van der Waals surface area contributed by atoms with Crippen LogP contribution in [0.4, 0.5) is 4.79 Å². The van der Waals surface area contributed by atoms with Crippen molar-refractivity contribution in [2.24, 2.45) is 5.92 Å². The van der Waals surface area contributed by atoms with Crippen LogP contribution in [0.5, 0.6) is 0 Å². The quantitative estimate of drug-likeness (QED) is 0.117. The standard InChI is InChI=1S/C40H56N8O5S/c1-25(2)35(45-39(52)53-23-28-24-54-38(41-28)26(3)4)37(51)44-31(19-27-13-9-8-10-14-27)33(49)21-48-18-17-47(20-32(48)36(50)46-40(5,6)7)22-34-42-29-15-11-12-16-30(29)43-34/h8-16,24-26,31-33,35,49H,17-23H2,1-7H3,(H,42,43)(H,44,51)(H,45,52)(H,46,50)/t31-,32-,33+,35-/m0/s1. The number of alkyl carbamates (subject to hydrolysis) is 1. The number of aliphatic hydroxyl groups excluding tert-OH is 1. The fraction of sp³-hybridized carbons (Fsp3) is 0.525. The largest absolute Gasteiger partial charge is 0.443 e. The number of aromatic nitrogens is 3. The average molecular weight is 761 g/mol. The van der Waals surface area contributed by atoms with Crippen molar-refractivity contribution in [1.29, 1.82) is 0 Å². The van der Waals surface area contributed by atoms with Gasteiger partial charge in [-0.3, -0.25) is 19.4 Å². The van der Waals surface area contributed by atoms with Gasteiger partial charge in [0.2, 0.25) is 11.8 Å². The Kier molecular flexibility index (Phi) is 13.8. The van der Waals surface area contributed by atoms with Gasteiger partial charge in [-0.25, -0.2) is 14.8 Å². The number of aromatic amines is 1. The number of hydrogen-bond donors (Lipinski definition) is 5. The van der Waals surface area contributed by atoms with Crippen molar-refractivity contribution in [2.75, 3.05) is 26.2 Å². The molecule has 0 spiro atoms. The lowest BCUT2D eigenvalue weighted by molar-refractivity contribution is -0.132. The van der Waals surface area contributed by atoms with E-state index in [0.29, 0.717) is 38.3 Å². The Balaban J connectivity index is 1.28. The molecule has 1 fully saturated rings. The summed E-state index contributed by atoms with van der Waals surface area (Å²) in [5.74, 6) is 0.259. The summed E-state index contributed by atoms with van der Waals surface area (Å²) >= 11 is 1.52. The first-order valence-corrected chi connectivity index (χ1v) is 19.6. The molecule has 0 aliphatic carbocycles. The molecule has 1 aliphatic heterocycles. The maximum Gasteiger partial charge on any atom is 0.408 e. The van der Waals surface area contributed by atoms with Gasteiger partial charge in [0.05, 0.1) is 40.4 Å². The molecule has 5 rings (SSSR count). The van der Waals surface area contributed by atoms with Gasteiger partial charge >= 0.3 is 6.09 Å². The molecule has 0 unspecified atom stereocenters. The SMILES string of the molecule is CC(C)c1nc(COC(=O)N[C@H](C(=O)N[C@@H](Cc2ccccc2)[C@H](O)CN2CCN(Cc3nc4ccccc4[nH]3)C[C@H]2C(=O)NC(C)(C)C)C(C)C)cs1. The van der Waals surface area contributed by atoms with Gasteiger partial charge in [-0.15, -0.1) is 11.3 Å². The molecule has 14 heteroatoms. The number of hydrogen-bond acceptors (Lipinski definition) is 10. The van der Waals surface area contributed by atoms with Crippen LogP contribution in [-0.2, 0) is 33.9 Å². The number of fused-ring (bicyclic) bond motifs is 1. The number of imidazole rings is 1. The minimum absolute atomic E-state index is 0.00761. The van der Waals surface area contributed by atoms with Crippen LogP contribution >= 0.6 is 11.3 Å². The lowest BCUT2D eigenvalue weighted by atomic mass is 9.97. The molecule has 0 bridgehead atoms. The topological polar surface area (TPSA) is 165 Å². The lowest BCUT2D eigenvalue weighted by Crippen LogP contribution is -2.63. The summed E-state index contributed by atoms with van der Waals surface area (Å²) in [5.41, 5.74) is 2.98. The predicted octanol–water partition coefficient (Wildman–Crippen LogP) is 4.58. The highest BCUT2D eigenvalue weighted by Crippen LogP contribution is 2.21. The fourth-order valence-electron chi connectivity index (χ4n) is 6.52. The lowest BCUT2D eigenvalue weighted by Gasteiger charge is -2.42. The Hall–Kier alpha value is -4.37. The normalized spacial score (nSPS) is 17.3. The van der Waals surface area contributed by atoms with Gasteiger partial charge in [-0.2, -0.15) is 0 Å². The van der Waals surface area contributed by atoms with E-state index in [4.69, 9.17) is 9.72 Å². The molecule has 292 valence electrons. The first-order valence-electron chi connectivity index (χ1n) is 18.8. The van der Waals surface area contributed by atoms with Crippen molar-refractivity contribution >= 4 is 40.3 Å². The monoisotopic (exact) mass is 760 g/mol. The Morgan fingerprint density at radius 2 is 1.72 bits per heavy atom. The van der Waals surface area contributed by atoms with Crippen molar-refractivity contribution < 1.29 is 24.2 Å². The van der Waals surface area contributed by atoms with Crippen molar-refractivity contribution in [3.8, 4) is 0 Å². The smallest absolute Gasteiger partial charge is 0.408 e. The molecule has 2 aromatic heterocycles. The number of rotatable bonds is 15. The summed E-state index contributed by atoms with van der Waals surface area (Å²) in [6, 6.07) is 15.3. The third kappa shape index (κ3) is 11.6. The minimum Gasteiger partial charge on any atom is -0.443 e. The van der Waals surface area contributed by atoms with Gasteiger partial charge in [0.1, 0.15) is 24.5 Å². The summed E-state index contributed by atoms with van der Waals surface area (Å²) < 4.78 is 5.44.